The lowest BCUT2D eigenvalue weighted by Crippen LogP contribution is -2.29. The van der Waals surface area contributed by atoms with Gasteiger partial charge in [-0.1, -0.05) is 13.8 Å². The molecule has 0 unspecified atom stereocenters. The highest BCUT2D eigenvalue weighted by atomic mass is 19.4. The minimum atomic E-state index is -5.08. The molecule has 3 N–H and O–H groups in total. The number of carbonyl (C=O) groups is 2. The van der Waals surface area contributed by atoms with Gasteiger partial charge in [0.2, 0.25) is 0 Å². The van der Waals surface area contributed by atoms with Gasteiger partial charge in [0.1, 0.15) is 17.5 Å². The van der Waals surface area contributed by atoms with Crippen molar-refractivity contribution in [3.05, 3.63) is 70.8 Å². The molecule has 2 aromatic heterocycles. The van der Waals surface area contributed by atoms with Gasteiger partial charge in [-0.2, -0.15) is 26.3 Å². The molecule has 3 heterocycles. The molecule has 0 bridgehead atoms. The van der Waals surface area contributed by atoms with Crippen molar-refractivity contribution in [2.75, 3.05) is 23.3 Å². The van der Waals surface area contributed by atoms with Crippen LogP contribution in [0.5, 0.6) is 0 Å². The van der Waals surface area contributed by atoms with Crippen molar-refractivity contribution in [2.45, 2.75) is 45.0 Å². The average molecular weight is 586 g/mol. The molecule has 0 saturated heterocycles. The van der Waals surface area contributed by atoms with Crippen LogP contribution in [-0.2, 0) is 23.8 Å². The lowest BCUT2D eigenvalue weighted by molar-refractivity contribution is -0.192. The Kier molecular flexibility index (Phi) is 9.40. The van der Waals surface area contributed by atoms with Crippen LogP contribution in [-0.4, -0.2) is 56.4 Å². The third-order valence-electron chi connectivity index (χ3n) is 5.91. The number of fused-ring (bicyclic) bond motifs is 1. The Morgan fingerprint density at radius 1 is 0.951 bits per heavy atom. The highest BCUT2D eigenvalue weighted by Crippen LogP contribution is 2.36. The first-order valence-electron chi connectivity index (χ1n) is 12.1. The van der Waals surface area contributed by atoms with Gasteiger partial charge in [-0.25, -0.2) is 24.5 Å². The third kappa shape index (κ3) is 8.05. The number of benzene rings is 1. The topological polar surface area (TPSA) is 129 Å². The van der Waals surface area contributed by atoms with Crippen molar-refractivity contribution in [2.24, 2.45) is 0 Å². The minimum absolute atomic E-state index is 0.0483. The van der Waals surface area contributed by atoms with Crippen LogP contribution in [0.15, 0.2) is 42.6 Å². The maximum Gasteiger partial charge on any atom is 0.490 e. The molecular formula is C26H25F6N5O4. The fourth-order valence-electron chi connectivity index (χ4n) is 3.89. The van der Waals surface area contributed by atoms with Crippen LogP contribution in [0.3, 0.4) is 0 Å². The van der Waals surface area contributed by atoms with Crippen molar-refractivity contribution in [1.82, 2.24) is 15.0 Å². The van der Waals surface area contributed by atoms with E-state index in [4.69, 9.17) is 20.0 Å². The van der Waals surface area contributed by atoms with Crippen LogP contribution < -0.4 is 10.2 Å². The first-order chi connectivity index (χ1) is 19.1. The minimum Gasteiger partial charge on any atom is -0.478 e. The molecule has 1 aliphatic heterocycles. The van der Waals surface area contributed by atoms with Crippen molar-refractivity contribution in [3.63, 3.8) is 0 Å². The number of carboxylic acid groups (broad SMARTS) is 2. The van der Waals surface area contributed by atoms with E-state index in [1.54, 1.807) is 17.0 Å². The molecule has 0 spiro atoms. The Morgan fingerprint density at radius 2 is 1.56 bits per heavy atom. The number of hydrogen-bond acceptors (Lipinski definition) is 7. The highest BCUT2D eigenvalue weighted by Gasteiger charge is 2.38. The average Bonchev–Trinajstić information content (AvgIpc) is 3.11. The lowest BCUT2D eigenvalue weighted by Gasteiger charge is -2.24. The summed E-state index contributed by atoms with van der Waals surface area (Å²) in [6.07, 6.45) is -7.34. The summed E-state index contributed by atoms with van der Waals surface area (Å²) in [5.74, 6) is -2.60. The van der Waals surface area contributed by atoms with E-state index in [-0.39, 0.29) is 17.3 Å². The number of nitrogens with one attached hydrogen (secondary N) is 1. The molecule has 9 nitrogen and oxygen atoms in total. The SMILES string of the molecule is CC(C)c1nc2c(c(Nc3ccc(C(=O)O)cc3)n1)CCN(c1ncccc1C(F)(F)F)CC2.O=C(O)C(F)(F)F. The summed E-state index contributed by atoms with van der Waals surface area (Å²) in [5.41, 5.74) is 1.69. The van der Waals surface area contributed by atoms with E-state index in [0.717, 1.165) is 17.3 Å². The van der Waals surface area contributed by atoms with Crippen LogP contribution in [0.25, 0.3) is 0 Å². The second kappa shape index (κ2) is 12.4. The van der Waals surface area contributed by atoms with Crippen molar-refractivity contribution < 1.29 is 46.1 Å². The number of aliphatic carboxylic acids is 1. The van der Waals surface area contributed by atoms with Crippen LogP contribution >= 0.6 is 0 Å². The molecule has 4 rings (SSSR count). The number of anilines is 3. The van der Waals surface area contributed by atoms with Crippen LogP contribution in [0.4, 0.5) is 43.7 Å². The Hall–Kier alpha value is -4.43. The number of aromatic nitrogens is 3. The third-order valence-corrected chi connectivity index (χ3v) is 5.91. The molecule has 1 aliphatic rings. The maximum atomic E-state index is 13.6. The monoisotopic (exact) mass is 585 g/mol. The van der Waals surface area contributed by atoms with Crippen molar-refractivity contribution in [3.8, 4) is 0 Å². The largest absolute Gasteiger partial charge is 0.490 e. The fourth-order valence-corrected chi connectivity index (χ4v) is 3.89. The Labute approximate surface area is 229 Å². The molecule has 220 valence electrons. The number of alkyl halides is 6. The van der Waals surface area contributed by atoms with Gasteiger partial charge in [0.15, 0.2) is 0 Å². The summed E-state index contributed by atoms with van der Waals surface area (Å²) in [7, 11) is 0. The van der Waals surface area contributed by atoms with E-state index in [0.29, 0.717) is 43.3 Å². The molecule has 1 aromatic carbocycles. The summed E-state index contributed by atoms with van der Waals surface area (Å²) >= 11 is 0. The molecule has 3 aromatic rings. The second-order valence-electron chi connectivity index (χ2n) is 9.18. The number of aromatic carboxylic acids is 1. The van der Waals surface area contributed by atoms with Gasteiger partial charge in [-0.15, -0.1) is 0 Å². The number of carboxylic acids is 2. The number of halogens is 6. The van der Waals surface area contributed by atoms with Crippen molar-refractivity contribution >= 4 is 29.3 Å². The molecule has 41 heavy (non-hydrogen) atoms. The summed E-state index contributed by atoms with van der Waals surface area (Å²) < 4.78 is 72.4. The van der Waals surface area contributed by atoms with Crippen LogP contribution in [0, 0.1) is 0 Å². The Morgan fingerprint density at radius 3 is 2.10 bits per heavy atom. The number of hydrogen-bond donors (Lipinski definition) is 3. The summed E-state index contributed by atoms with van der Waals surface area (Å²) in [6.45, 7) is 4.61. The molecule has 15 heteroatoms. The van der Waals surface area contributed by atoms with Crippen molar-refractivity contribution in [1.29, 1.82) is 0 Å². The molecular weight excluding hydrogens is 560 g/mol. The van der Waals surface area contributed by atoms with Gasteiger partial charge in [0.25, 0.3) is 0 Å². The summed E-state index contributed by atoms with van der Waals surface area (Å²) in [4.78, 5) is 35.1. The summed E-state index contributed by atoms with van der Waals surface area (Å²) in [5, 5.41) is 19.5. The van der Waals surface area contributed by atoms with E-state index in [9.17, 15) is 31.1 Å². The zero-order valence-electron chi connectivity index (χ0n) is 21.7. The van der Waals surface area contributed by atoms with Crippen LogP contribution in [0.1, 0.15) is 52.8 Å². The zero-order chi connectivity index (χ0) is 30.5. The number of rotatable bonds is 5. The van der Waals surface area contributed by atoms with Gasteiger partial charge in [0, 0.05) is 42.9 Å². The Bertz CT molecular complexity index is 1390. The highest BCUT2D eigenvalue weighted by molar-refractivity contribution is 5.88. The molecule has 0 atom stereocenters. The normalized spacial score (nSPS) is 13.5. The van der Waals surface area contributed by atoms with E-state index in [1.165, 1.54) is 24.4 Å². The van der Waals surface area contributed by atoms with Gasteiger partial charge in [-0.05, 0) is 42.8 Å². The van der Waals surface area contributed by atoms with Gasteiger partial charge >= 0.3 is 24.3 Å². The van der Waals surface area contributed by atoms with E-state index in [2.05, 4.69) is 15.3 Å². The predicted octanol–water partition coefficient (Wildman–Crippen LogP) is 5.69. The second-order valence-corrected chi connectivity index (χ2v) is 9.18. The Balaban J connectivity index is 0.000000587. The van der Waals surface area contributed by atoms with Gasteiger partial charge in [-0.3, -0.25) is 0 Å². The molecule has 0 radical (unpaired) electrons. The van der Waals surface area contributed by atoms with E-state index in [1.807, 2.05) is 13.8 Å². The fraction of sp³-hybridized carbons (Fsp3) is 0.346. The first kappa shape index (κ1) is 31.1. The quantitative estimate of drug-likeness (QED) is 0.323. The lowest BCUT2D eigenvalue weighted by atomic mass is 10.1. The summed E-state index contributed by atoms with van der Waals surface area (Å²) in [6, 6.07) is 8.63. The molecule has 0 saturated carbocycles. The van der Waals surface area contributed by atoms with E-state index < -0.39 is 29.9 Å². The zero-order valence-corrected chi connectivity index (χ0v) is 21.7. The van der Waals surface area contributed by atoms with E-state index >= 15 is 0 Å². The molecule has 0 amide bonds. The maximum absolute atomic E-state index is 13.6. The standard InChI is InChI=1S/C24H24F3N5O2.C2HF3O2/c1-14(2)20-30-19-10-13-32(22-18(24(25,26)27)4-3-11-28-22)12-9-17(19)21(31-20)29-16-7-5-15(6-8-16)23(33)34;3-2(4,5)1(6)7/h3-8,11,14H,9-10,12-13H2,1-2H3,(H,33,34)(H,29,30,31);(H,6,7). The number of nitrogens with zero attached hydrogens (tertiary/aromatic N) is 4. The smallest absolute Gasteiger partial charge is 0.478 e. The van der Waals surface area contributed by atoms with Crippen LogP contribution in [0.2, 0.25) is 0 Å². The van der Waals surface area contributed by atoms with Gasteiger partial charge < -0.3 is 20.4 Å². The van der Waals surface area contributed by atoms with Gasteiger partial charge in [0.05, 0.1) is 16.8 Å². The first-order valence-corrected chi connectivity index (χ1v) is 12.1. The number of pyridine rings is 1. The molecule has 0 fully saturated rings. The predicted molar refractivity (Wildman–Crippen MR) is 135 cm³/mol. The molecule has 0 aliphatic carbocycles.